The average Bonchev–Trinajstić information content (AvgIpc) is 3.42. The number of nitrogens with one attached hydrogen (secondary N) is 1. The first-order chi connectivity index (χ1) is 21.9. The van der Waals surface area contributed by atoms with Gasteiger partial charge in [-0.2, -0.15) is 0 Å². The molecule has 1 aromatic carbocycles. The van der Waals surface area contributed by atoms with Crippen molar-refractivity contribution in [2.45, 2.75) is 80.7 Å². The zero-order chi connectivity index (χ0) is 33.1. The number of anilines is 1. The quantitative estimate of drug-likeness (QED) is 0.141. The van der Waals surface area contributed by atoms with Crippen LogP contribution in [0.4, 0.5) is 28.4 Å². The predicted octanol–water partition coefficient (Wildman–Crippen LogP) is 2.16. The molecule has 3 aliphatic heterocycles. The molecule has 46 heavy (non-hydrogen) atoms. The second-order valence-electron chi connectivity index (χ2n) is 12.6. The van der Waals surface area contributed by atoms with Crippen molar-refractivity contribution in [3.8, 4) is 0 Å². The van der Waals surface area contributed by atoms with Gasteiger partial charge in [0.2, 0.25) is 0 Å². The van der Waals surface area contributed by atoms with Crippen LogP contribution in [0.15, 0.2) is 23.6 Å². The molecule has 2 aromatic rings. The summed E-state index contributed by atoms with van der Waals surface area (Å²) in [5.41, 5.74) is 6.57. The summed E-state index contributed by atoms with van der Waals surface area (Å²) < 4.78 is 43.3. The molecule has 5 rings (SSSR count). The molecule has 2 fully saturated rings. The first-order valence-electron chi connectivity index (χ1n) is 15.7. The van der Waals surface area contributed by atoms with Crippen molar-refractivity contribution in [3.05, 3.63) is 50.7 Å². The number of amides is 4. The third-order valence-corrected chi connectivity index (χ3v) is 13.3. The van der Waals surface area contributed by atoms with Gasteiger partial charge in [0.25, 0.3) is 6.43 Å². The zero-order valence-electron chi connectivity index (χ0n) is 26.5. The van der Waals surface area contributed by atoms with Crippen LogP contribution in [0.1, 0.15) is 72.3 Å². The smallest absolute Gasteiger partial charge is 0.398 e. The fourth-order valence-electron chi connectivity index (χ4n) is 6.61. The fraction of sp³-hybridized carbons (Fsp3) is 0.594. The minimum Gasteiger partial charge on any atom is -0.398 e. The van der Waals surface area contributed by atoms with Gasteiger partial charge in [0.1, 0.15) is 6.17 Å². The number of piperidine rings is 2. The van der Waals surface area contributed by atoms with Crippen LogP contribution in [0.2, 0.25) is 0 Å². The molecule has 3 aliphatic rings. The fourth-order valence-corrected chi connectivity index (χ4v) is 10.4. The molecule has 0 saturated carbocycles. The molecular weight excluding hydrogens is 732 g/mol. The first-order valence-corrected chi connectivity index (χ1v) is 19.2. The van der Waals surface area contributed by atoms with E-state index in [1.54, 1.807) is 21.1 Å². The number of nitrogen functional groups attached to an aromatic ring is 1. The number of rotatable bonds is 8. The molecule has 1 aromatic heterocycles. The Morgan fingerprint density at radius 2 is 1.72 bits per heavy atom. The third-order valence-electron chi connectivity index (χ3n) is 9.41. The number of nitrogens with two attached hydrogens (primary N) is 1. The van der Waals surface area contributed by atoms with Crippen LogP contribution in [0.3, 0.4) is 0 Å². The number of urea groups is 1. The molecule has 0 spiro atoms. The third kappa shape index (κ3) is 7.92. The minimum atomic E-state index is -2.92. The van der Waals surface area contributed by atoms with Crippen molar-refractivity contribution >= 4 is 32.9 Å². The Hall–Kier alpha value is -2.59. The number of likely N-dealkylation sites (tertiary alicyclic amines) is 2. The summed E-state index contributed by atoms with van der Waals surface area (Å²) in [6.07, 6.45) is -1.77. The summed E-state index contributed by atoms with van der Waals surface area (Å²) in [6, 6.07) is 3.65. The maximum absolute atomic E-state index is 14.4. The molecule has 14 heteroatoms. The van der Waals surface area contributed by atoms with E-state index in [2.05, 4.69) is 21.7 Å². The molecule has 3 N–H and O–H groups in total. The Bertz CT molecular complexity index is 1380. The standard InChI is InChI=1S/C32H43F3IN6O3S/c1-19(33)24-14-20(15-25(28(24)37)29(34)35)16-26(30(43)40-9-4-22(5-10-40)39(2)3)38-32(45)41-11-6-23(7-12-41)42-18-21-8-13-46-27(21)17-36-31(42)44/h8,13-15,19,22-23,26,29H,4-7,9-12,16-18,37H2,1-3H3,(H,38,45)/q-1/t19?,26-/m1/s1. The average molecular weight is 776 g/mol. The Balaban J connectivity index is 1.30. The van der Waals surface area contributed by atoms with Crippen LogP contribution in [0.25, 0.3) is 0 Å². The Kier molecular flexibility index (Phi) is 11.4. The molecule has 4 heterocycles. The van der Waals surface area contributed by atoms with Gasteiger partial charge in [-0.25, -0.2) is 13.2 Å². The first kappa shape index (κ1) is 34.7. The number of benzene rings is 1. The Morgan fingerprint density at radius 3 is 2.35 bits per heavy atom. The molecule has 1 unspecified atom stereocenters. The van der Waals surface area contributed by atoms with E-state index < -0.39 is 51.4 Å². The Labute approximate surface area is 282 Å². The number of carbonyl (C=O) groups excluding carboxylic acids is 3. The summed E-state index contributed by atoms with van der Waals surface area (Å²) in [7, 11) is 4.01. The number of alkyl halides is 4. The molecule has 4 amide bonds. The normalized spacial score (nSPS) is 19.9. The van der Waals surface area contributed by atoms with E-state index in [0.29, 0.717) is 57.2 Å². The van der Waals surface area contributed by atoms with Crippen molar-refractivity contribution < 1.29 is 48.8 Å². The molecule has 2 saturated heterocycles. The Morgan fingerprint density at radius 1 is 1.07 bits per heavy atom. The van der Waals surface area contributed by atoms with Gasteiger partial charge >= 0.3 is 191 Å². The second kappa shape index (κ2) is 15.1. The van der Waals surface area contributed by atoms with Crippen molar-refractivity contribution in [2.75, 3.05) is 46.0 Å². The van der Waals surface area contributed by atoms with Crippen molar-refractivity contribution in [1.29, 1.82) is 0 Å². The van der Waals surface area contributed by atoms with Crippen molar-refractivity contribution in [2.24, 2.45) is 0 Å². The topological polar surface area (TPSA) is 102 Å². The summed E-state index contributed by atoms with van der Waals surface area (Å²) in [5, 5.41) is 4.98. The van der Waals surface area contributed by atoms with Gasteiger partial charge in [0.15, 0.2) is 0 Å². The molecule has 2 atom stereocenters. The van der Waals surface area contributed by atoms with E-state index in [-0.39, 0.29) is 33.5 Å². The van der Waals surface area contributed by atoms with Crippen molar-refractivity contribution in [1.82, 2.24) is 24.9 Å². The van der Waals surface area contributed by atoms with Gasteiger partial charge in [-0.1, -0.05) is 0 Å². The van der Waals surface area contributed by atoms with Crippen LogP contribution >= 0.6 is 11.3 Å². The summed E-state index contributed by atoms with van der Waals surface area (Å²) in [6.45, 7) is 3.70. The summed E-state index contributed by atoms with van der Waals surface area (Å²) in [4.78, 5) is 49.3. The van der Waals surface area contributed by atoms with Gasteiger partial charge < -0.3 is 10.6 Å². The monoisotopic (exact) mass is 775 g/mol. The SMILES string of the molecule is CC(F)c1cc(C[C@@H](NC(=O)N2CCC(N3Cc4ccsc4C[I-]C3=O)CC2)C(=O)N2CCC(N(C)C)CC2)cc(C(F)F)c1N. The maximum atomic E-state index is 14.4. The van der Waals surface area contributed by atoms with Crippen LogP contribution in [0, 0.1) is 0 Å². The molecule has 0 radical (unpaired) electrons. The second-order valence-corrected chi connectivity index (χ2v) is 16.0. The van der Waals surface area contributed by atoms with E-state index in [4.69, 9.17) is 5.73 Å². The molecular formula is C32H43F3IN6O3S-. The van der Waals surface area contributed by atoms with Gasteiger partial charge in [-0.3, -0.25) is 0 Å². The number of carbonyl (C=O) groups is 3. The van der Waals surface area contributed by atoms with E-state index in [1.807, 2.05) is 19.0 Å². The number of fused-ring (bicyclic) bond motifs is 1. The molecule has 9 nitrogen and oxygen atoms in total. The predicted molar refractivity (Wildman–Crippen MR) is 168 cm³/mol. The zero-order valence-corrected chi connectivity index (χ0v) is 29.5. The number of hydrogen-bond acceptors (Lipinski definition) is 6. The van der Waals surface area contributed by atoms with E-state index in [0.717, 1.165) is 17.3 Å². The number of thiophene rings is 1. The van der Waals surface area contributed by atoms with E-state index in [9.17, 15) is 27.6 Å². The minimum absolute atomic E-state index is 0.0428. The van der Waals surface area contributed by atoms with Crippen LogP contribution in [-0.4, -0.2) is 93.9 Å². The van der Waals surface area contributed by atoms with Gasteiger partial charge in [0, 0.05) is 22.9 Å². The van der Waals surface area contributed by atoms with Gasteiger partial charge in [0.05, 0.1) is 0 Å². The van der Waals surface area contributed by atoms with Gasteiger partial charge in [-0.05, 0) is 33.9 Å². The number of hydrogen-bond donors (Lipinski definition) is 2. The van der Waals surface area contributed by atoms with E-state index >= 15 is 0 Å². The number of nitrogens with zero attached hydrogens (tertiary/aromatic N) is 4. The van der Waals surface area contributed by atoms with Crippen LogP contribution < -0.4 is 32.3 Å². The summed E-state index contributed by atoms with van der Waals surface area (Å²) >= 11 is 1.09. The molecule has 0 aliphatic carbocycles. The van der Waals surface area contributed by atoms with Crippen LogP contribution in [-0.2, 0) is 22.2 Å². The summed E-state index contributed by atoms with van der Waals surface area (Å²) in [5.74, 6) is -0.295. The van der Waals surface area contributed by atoms with Crippen LogP contribution in [0.5, 0.6) is 0 Å². The van der Waals surface area contributed by atoms with Gasteiger partial charge in [-0.15, -0.1) is 0 Å². The van der Waals surface area contributed by atoms with E-state index in [1.165, 1.54) is 29.5 Å². The molecule has 254 valence electrons. The van der Waals surface area contributed by atoms with Crippen molar-refractivity contribution in [3.63, 3.8) is 0 Å². The molecule has 0 bridgehead atoms. The number of halogens is 4.